The van der Waals surface area contributed by atoms with E-state index in [1.165, 1.54) is 49.6 Å². The third kappa shape index (κ3) is 13.0. The second-order valence-electron chi connectivity index (χ2n) is 18.7. The number of amides is 2. The van der Waals surface area contributed by atoms with E-state index in [0.29, 0.717) is 31.1 Å². The van der Waals surface area contributed by atoms with Crippen LogP contribution in [0.2, 0.25) is 0 Å². The third-order valence-corrected chi connectivity index (χ3v) is 11.8. The van der Waals surface area contributed by atoms with Gasteiger partial charge in [0.15, 0.2) is 0 Å². The number of carbonyl (C=O) groups is 2. The first-order valence-electron chi connectivity index (χ1n) is 22.2. The first-order chi connectivity index (χ1) is 28.8. The molecule has 0 atom stereocenters. The fourth-order valence-electron chi connectivity index (χ4n) is 8.74. The number of nitrogens with zero attached hydrogens (tertiary/aromatic N) is 2. The molecular formula is C51H69N4O6Pd-. The minimum atomic E-state index is -0.468. The van der Waals surface area contributed by atoms with Gasteiger partial charge in [0, 0.05) is 107 Å². The molecule has 8 rings (SSSR count). The summed E-state index contributed by atoms with van der Waals surface area (Å²) in [7, 11) is 0. The molecule has 4 aromatic rings. The van der Waals surface area contributed by atoms with Crippen LogP contribution in [0.3, 0.4) is 0 Å². The number of hydrogen-bond donors (Lipinski definition) is 2. The number of hydrogen-bond acceptors (Lipinski definition) is 8. The van der Waals surface area contributed by atoms with E-state index >= 15 is 0 Å². The average molecular weight is 941 g/mol. The van der Waals surface area contributed by atoms with Crippen LogP contribution in [0.5, 0.6) is 0 Å². The molecule has 10 nitrogen and oxygen atoms in total. The molecule has 340 valence electrons. The molecule has 0 saturated carbocycles. The maximum absolute atomic E-state index is 12.4. The van der Waals surface area contributed by atoms with Gasteiger partial charge in [0.05, 0.1) is 0 Å². The van der Waals surface area contributed by atoms with Gasteiger partial charge in [0.25, 0.3) is 0 Å². The fourth-order valence-corrected chi connectivity index (χ4v) is 8.74. The quantitative estimate of drug-likeness (QED) is 0.146. The second-order valence-corrected chi connectivity index (χ2v) is 18.7. The number of benzene rings is 4. The number of nitrogens with one attached hydrogen (secondary N) is 2. The molecule has 3 fully saturated rings. The Kier molecular flexibility index (Phi) is 17.3. The summed E-state index contributed by atoms with van der Waals surface area (Å²) in [6.45, 7) is 17.5. The molecule has 0 radical (unpaired) electrons. The van der Waals surface area contributed by atoms with Crippen molar-refractivity contribution < 1.29 is 49.0 Å². The number of likely N-dealkylation sites (tertiary alicyclic amines) is 1. The Morgan fingerprint density at radius 2 is 1.06 bits per heavy atom. The third-order valence-electron chi connectivity index (χ3n) is 11.8. The Morgan fingerprint density at radius 3 is 1.56 bits per heavy atom. The zero-order valence-electron chi connectivity index (χ0n) is 38.0. The summed E-state index contributed by atoms with van der Waals surface area (Å²) in [6, 6.07) is 27.2. The maximum atomic E-state index is 12.4. The van der Waals surface area contributed by atoms with E-state index in [1.54, 1.807) is 4.90 Å². The van der Waals surface area contributed by atoms with Crippen LogP contribution in [-0.4, -0.2) is 97.9 Å². The number of ether oxygens (including phenoxy) is 4. The van der Waals surface area contributed by atoms with Gasteiger partial charge in [-0.25, -0.2) is 9.59 Å². The molecule has 4 heterocycles. The molecule has 0 unspecified atom stereocenters. The molecule has 4 aliphatic rings. The SMILES string of the molecule is CC(C)(C)OC(=O)N1CC=C(c2ccc(NC3CCOCC3)c3ccccc23)CC1.CC(C)(C)OC(=O)N1CCC(c2ccc(NC3CCOCC3)c3ccccc23)CC1.[CH3-].[Pd]. The number of piperidine rings is 1. The van der Waals surface area contributed by atoms with Crippen molar-refractivity contribution in [2.45, 2.75) is 116 Å². The van der Waals surface area contributed by atoms with Crippen molar-refractivity contribution >= 4 is 50.7 Å². The van der Waals surface area contributed by atoms with Crippen molar-refractivity contribution in [1.82, 2.24) is 9.80 Å². The molecule has 62 heavy (non-hydrogen) atoms. The van der Waals surface area contributed by atoms with Crippen LogP contribution in [0.25, 0.3) is 27.1 Å². The summed E-state index contributed by atoms with van der Waals surface area (Å²) < 4.78 is 22.1. The first-order valence-corrected chi connectivity index (χ1v) is 22.2. The van der Waals surface area contributed by atoms with E-state index in [9.17, 15) is 9.59 Å². The summed E-state index contributed by atoms with van der Waals surface area (Å²) in [5, 5.41) is 12.6. The summed E-state index contributed by atoms with van der Waals surface area (Å²) in [5.41, 5.74) is 5.44. The van der Waals surface area contributed by atoms with Crippen molar-refractivity contribution in [3.8, 4) is 0 Å². The summed E-state index contributed by atoms with van der Waals surface area (Å²) >= 11 is 0. The Bertz CT molecular complexity index is 2120. The van der Waals surface area contributed by atoms with Gasteiger partial charge in [0.2, 0.25) is 0 Å². The first kappa shape index (κ1) is 48.9. The van der Waals surface area contributed by atoms with Crippen molar-refractivity contribution in [2.24, 2.45) is 0 Å². The average Bonchev–Trinajstić information content (AvgIpc) is 3.24. The maximum Gasteiger partial charge on any atom is 0.410 e. The van der Waals surface area contributed by atoms with Gasteiger partial charge in [-0.3, -0.25) is 0 Å². The van der Waals surface area contributed by atoms with Crippen molar-refractivity contribution in [1.29, 1.82) is 0 Å². The molecule has 0 spiro atoms. The van der Waals surface area contributed by atoms with Crippen LogP contribution >= 0.6 is 0 Å². The van der Waals surface area contributed by atoms with Crippen molar-refractivity contribution in [3.05, 3.63) is 97.4 Å². The zero-order chi connectivity index (χ0) is 42.3. The Morgan fingerprint density at radius 1 is 0.597 bits per heavy atom. The Hall–Kier alpha value is -4.14. The van der Waals surface area contributed by atoms with Gasteiger partial charge < -0.3 is 46.8 Å². The van der Waals surface area contributed by atoms with E-state index in [1.807, 2.05) is 46.4 Å². The van der Waals surface area contributed by atoms with Gasteiger partial charge in [-0.1, -0.05) is 66.7 Å². The molecule has 3 saturated heterocycles. The van der Waals surface area contributed by atoms with E-state index < -0.39 is 11.2 Å². The van der Waals surface area contributed by atoms with E-state index in [4.69, 9.17) is 18.9 Å². The van der Waals surface area contributed by atoms with Gasteiger partial charge in [-0.2, -0.15) is 0 Å². The number of rotatable bonds is 6. The molecule has 11 heteroatoms. The topological polar surface area (TPSA) is 102 Å². The van der Waals surface area contributed by atoms with E-state index in [0.717, 1.165) is 84.5 Å². The van der Waals surface area contributed by atoms with Crippen molar-refractivity contribution in [2.75, 3.05) is 63.2 Å². The van der Waals surface area contributed by atoms with Crippen LogP contribution in [0.4, 0.5) is 21.0 Å². The molecule has 4 aliphatic heterocycles. The standard InChI is InChI=1S/C25H34N2O3.C25H32N2O3.CH3.Pd/c2*1-25(2,3)30-24(28)27-14-10-18(11-15-27)20-8-9-23(22-7-5-4-6-21(20)22)26-19-12-16-29-17-13-19;;/h4-9,18-19,26H,10-17H2,1-3H3;4-10,19,26H,11-17H2,1-3H3;1H3;/q;;-1;. The van der Waals surface area contributed by atoms with Crippen LogP contribution in [-0.2, 0) is 39.4 Å². The van der Waals surface area contributed by atoms with E-state index in [-0.39, 0.29) is 40.0 Å². The number of fused-ring (bicyclic) bond motifs is 2. The van der Waals surface area contributed by atoms with Crippen molar-refractivity contribution in [3.63, 3.8) is 0 Å². The van der Waals surface area contributed by atoms with Crippen LogP contribution < -0.4 is 10.6 Å². The largest absolute Gasteiger partial charge is 0.444 e. The second kappa shape index (κ2) is 22.0. The summed E-state index contributed by atoms with van der Waals surface area (Å²) in [4.78, 5) is 28.4. The van der Waals surface area contributed by atoms with E-state index in [2.05, 4.69) is 89.5 Å². The van der Waals surface area contributed by atoms with Gasteiger partial charge in [-0.05, 0) is 132 Å². The van der Waals surface area contributed by atoms with Crippen LogP contribution in [0.1, 0.15) is 104 Å². The fraction of sp³-hybridized carbons (Fsp3) is 0.510. The van der Waals surface area contributed by atoms with Gasteiger partial charge in [0.1, 0.15) is 11.2 Å². The minimum Gasteiger partial charge on any atom is -0.444 e. The molecule has 0 aromatic heterocycles. The van der Waals surface area contributed by atoms with Crippen LogP contribution in [0, 0.1) is 7.43 Å². The number of carbonyl (C=O) groups excluding carboxylic acids is 2. The molecular weight excluding hydrogens is 871 g/mol. The zero-order valence-corrected chi connectivity index (χ0v) is 39.6. The van der Waals surface area contributed by atoms with Gasteiger partial charge in [-0.15, -0.1) is 0 Å². The smallest absolute Gasteiger partial charge is 0.410 e. The Balaban J connectivity index is 0.000000227. The molecule has 4 aromatic carbocycles. The molecule has 0 bridgehead atoms. The minimum absolute atomic E-state index is 0. The molecule has 0 aliphatic carbocycles. The van der Waals surface area contributed by atoms with Crippen LogP contribution in [0.15, 0.2) is 78.9 Å². The number of anilines is 2. The summed E-state index contributed by atoms with van der Waals surface area (Å²) in [6.07, 6.45) is 8.70. The summed E-state index contributed by atoms with van der Waals surface area (Å²) in [5.74, 6) is 0.464. The molecule has 2 N–H and O–H groups in total. The predicted molar refractivity (Wildman–Crippen MR) is 249 cm³/mol. The molecule has 2 amide bonds. The predicted octanol–water partition coefficient (Wildman–Crippen LogP) is 11.4. The van der Waals surface area contributed by atoms with Gasteiger partial charge >= 0.3 is 12.2 Å². The monoisotopic (exact) mass is 939 g/mol. The normalized spacial score (nSPS) is 18.1. The Labute approximate surface area is 384 Å².